The molecule has 1 aromatic heterocycles. The second kappa shape index (κ2) is 5.66. The van der Waals surface area contributed by atoms with Crippen LogP contribution in [-0.2, 0) is 0 Å². The fourth-order valence-corrected chi connectivity index (χ4v) is 2.12. The van der Waals surface area contributed by atoms with E-state index in [2.05, 4.69) is 14.9 Å². The van der Waals surface area contributed by atoms with Gasteiger partial charge in [-0.1, -0.05) is 0 Å². The molecule has 1 fully saturated rings. The highest BCUT2D eigenvalue weighted by molar-refractivity contribution is 5.86. The smallest absolute Gasteiger partial charge is 0.321 e. The molecule has 18 heavy (non-hydrogen) atoms. The molecule has 1 saturated heterocycles. The SMILES string of the molecule is COc1nc(OC)c(C=O)c(N2CCCCC2)n1. The quantitative estimate of drug-likeness (QED) is 0.751. The van der Waals surface area contributed by atoms with Crippen LogP contribution in [0.3, 0.4) is 0 Å². The van der Waals surface area contributed by atoms with Crippen molar-refractivity contribution in [3.63, 3.8) is 0 Å². The summed E-state index contributed by atoms with van der Waals surface area (Å²) in [5.74, 6) is 0.867. The standard InChI is InChI=1S/C12H17N3O3/c1-17-11-9(8-16)10(13-12(14-11)18-2)15-6-4-3-5-7-15/h8H,3-7H2,1-2H3. The molecule has 0 radical (unpaired) electrons. The molecule has 0 spiro atoms. The molecule has 1 aliphatic rings. The summed E-state index contributed by atoms with van der Waals surface area (Å²) in [4.78, 5) is 21.6. The van der Waals surface area contributed by atoms with Crippen LogP contribution in [0, 0.1) is 0 Å². The summed E-state index contributed by atoms with van der Waals surface area (Å²) in [7, 11) is 2.98. The molecule has 0 amide bonds. The average molecular weight is 251 g/mol. The van der Waals surface area contributed by atoms with Crippen LogP contribution in [0.1, 0.15) is 29.6 Å². The van der Waals surface area contributed by atoms with Crippen LogP contribution in [0.2, 0.25) is 0 Å². The van der Waals surface area contributed by atoms with Gasteiger partial charge in [0.05, 0.1) is 14.2 Å². The number of aldehydes is 1. The molecule has 98 valence electrons. The van der Waals surface area contributed by atoms with E-state index in [0.717, 1.165) is 32.2 Å². The number of nitrogens with zero attached hydrogens (tertiary/aromatic N) is 3. The van der Waals surface area contributed by atoms with Crippen molar-refractivity contribution in [3.05, 3.63) is 5.56 Å². The highest BCUT2D eigenvalue weighted by Crippen LogP contribution is 2.28. The van der Waals surface area contributed by atoms with Gasteiger partial charge >= 0.3 is 6.01 Å². The van der Waals surface area contributed by atoms with Crippen molar-refractivity contribution < 1.29 is 14.3 Å². The molecule has 0 aromatic carbocycles. The molecular weight excluding hydrogens is 234 g/mol. The minimum absolute atomic E-state index is 0.220. The maximum atomic E-state index is 11.2. The van der Waals surface area contributed by atoms with Crippen LogP contribution in [0.5, 0.6) is 11.9 Å². The lowest BCUT2D eigenvalue weighted by Crippen LogP contribution is -2.31. The third-order valence-electron chi connectivity index (χ3n) is 3.02. The zero-order valence-electron chi connectivity index (χ0n) is 10.7. The number of hydrogen-bond donors (Lipinski definition) is 0. The van der Waals surface area contributed by atoms with E-state index in [4.69, 9.17) is 9.47 Å². The Balaban J connectivity index is 2.44. The Labute approximate surface area is 106 Å². The third kappa shape index (κ3) is 2.37. The van der Waals surface area contributed by atoms with E-state index in [1.54, 1.807) is 0 Å². The van der Waals surface area contributed by atoms with Crippen LogP contribution >= 0.6 is 0 Å². The van der Waals surface area contributed by atoms with Gasteiger partial charge in [-0.2, -0.15) is 9.97 Å². The summed E-state index contributed by atoms with van der Waals surface area (Å²) in [6.07, 6.45) is 4.16. The minimum atomic E-state index is 0.220. The van der Waals surface area contributed by atoms with Gasteiger partial charge in [0.15, 0.2) is 6.29 Å². The van der Waals surface area contributed by atoms with Crippen LogP contribution in [0.4, 0.5) is 5.82 Å². The Morgan fingerprint density at radius 3 is 2.39 bits per heavy atom. The van der Waals surface area contributed by atoms with E-state index in [1.807, 2.05) is 0 Å². The Morgan fingerprint density at radius 1 is 1.11 bits per heavy atom. The molecule has 6 heteroatoms. The number of methoxy groups -OCH3 is 2. The van der Waals surface area contributed by atoms with Gasteiger partial charge in [-0.25, -0.2) is 0 Å². The van der Waals surface area contributed by atoms with Crippen molar-refractivity contribution in [1.29, 1.82) is 0 Å². The first-order valence-corrected chi connectivity index (χ1v) is 6.00. The number of carbonyl (C=O) groups excluding carboxylic acids is 1. The van der Waals surface area contributed by atoms with Gasteiger partial charge in [0.2, 0.25) is 5.88 Å². The van der Waals surface area contributed by atoms with Gasteiger partial charge in [0.25, 0.3) is 0 Å². The normalized spacial score (nSPS) is 15.3. The Bertz CT molecular complexity index is 431. The summed E-state index contributed by atoms with van der Waals surface area (Å²) >= 11 is 0. The molecule has 0 N–H and O–H groups in total. The van der Waals surface area contributed by atoms with Crippen molar-refractivity contribution in [3.8, 4) is 11.9 Å². The lowest BCUT2D eigenvalue weighted by atomic mass is 10.1. The van der Waals surface area contributed by atoms with E-state index in [9.17, 15) is 4.79 Å². The summed E-state index contributed by atoms with van der Waals surface area (Å²) in [5.41, 5.74) is 0.389. The third-order valence-corrected chi connectivity index (χ3v) is 3.02. The molecular formula is C12H17N3O3. The number of ether oxygens (including phenoxy) is 2. The highest BCUT2D eigenvalue weighted by atomic mass is 16.5. The zero-order valence-corrected chi connectivity index (χ0v) is 10.7. The number of piperidine rings is 1. The topological polar surface area (TPSA) is 64.6 Å². The first-order valence-electron chi connectivity index (χ1n) is 6.00. The summed E-state index contributed by atoms with van der Waals surface area (Å²) in [6.45, 7) is 1.79. The van der Waals surface area contributed by atoms with Crippen molar-refractivity contribution in [2.75, 3.05) is 32.2 Å². The van der Waals surface area contributed by atoms with Crippen LogP contribution in [0.15, 0.2) is 0 Å². The molecule has 0 bridgehead atoms. The fraction of sp³-hybridized carbons (Fsp3) is 0.583. The second-order valence-corrected chi connectivity index (χ2v) is 4.12. The van der Waals surface area contributed by atoms with Gasteiger partial charge in [-0.05, 0) is 19.3 Å². The van der Waals surface area contributed by atoms with E-state index >= 15 is 0 Å². The van der Waals surface area contributed by atoms with Crippen LogP contribution < -0.4 is 14.4 Å². The van der Waals surface area contributed by atoms with E-state index < -0.39 is 0 Å². The van der Waals surface area contributed by atoms with Crippen LogP contribution in [-0.4, -0.2) is 43.6 Å². The Hall–Kier alpha value is -1.85. The van der Waals surface area contributed by atoms with Gasteiger partial charge in [0.1, 0.15) is 11.4 Å². The van der Waals surface area contributed by atoms with Gasteiger partial charge in [0, 0.05) is 13.1 Å². The van der Waals surface area contributed by atoms with E-state index in [1.165, 1.54) is 20.6 Å². The number of rotatable bonds is 4. The van der Waals surface area contributed by atoms with E-state index in [0.29, 0.717) is 11.4 Å². The minimum Gasteiger partial charge on any atom is -0.480 e. The first-order chi connectivity index (χ1) is 8.80. The monoisotopic (exact) mass is 251 g/mol. The molecule has 6 nitrogen and oxygen atoms in total. The van der Waals surface area contributed by atoms with E-state index in [-0.39, 0.29) is 11.9 Å². The van der Waals surface area contributed by atoms with Crippen molar-refractivity contribution in [2.24, 2.45) is 0 Å². The number of hydrogen-bond acceptors (Lipinski definition) is 6. The van der Waals surface area contributed by atoms with Gasteiger partial charge in [-0.3, -0.25) is 4.79 Å². The molecule has 2 rings (SSSR count). The molecule has 0 aliphatic carbocycles. The molecule has 1 aromatic rings. The zero-order chi connectivity index (χ0) is 13.0. The lowest BCUT2D eigenvalue weighted by molar-refractivity contribution is 0.111. The average Bonchev–Trinajstić information content (AvgIpc) is 2.46. The maximum Gasteiger partial charge on any atom is 0.321 e. The predicted molar refractivity (Wildman–Crippen MR) is 66.6 cm³/mol. The van der Waals surface area contributed by atoms with Crippen molar-refractivity contribution in [2.45, 2.75) is 19.3 Å². The Kier molecular flexibility index (Phi) is 3.96. The lowest BCUT2D eigenvalue weighted by Gasteiger charge is -2.28. The summed E-state index contributed by atoms with van der Waals surface area (Å²) in [6, 6.07) is 0.220. The number of aromatic nitrogens is 2. The Morgan fingerprint density at radius 2 is 1.83 bits per heavy atom. The van der Waals surface area contributed by atoms with Gasteiger partial charge < -0.3 is 14.4 Å². The molecule has 0 saturated carbocycles. The molecule has 0 atom stereocenters. The molecule has 1 aliphatic heterocycles. The summed E-state index contributed by atoms with van der Waals surface area (Å²) < 4.78 is 10.2. The predicted octanol–water partition coefficient (Wildman–Crippen LogP) is 1.30. The number of anilines is 1. The van der Waals surface area contributed by atoms with Crippen molar-refractivity contribution in [1.82, 2.24) is 9.97 Å². The second-order valence-electron chi connectivity index (χ2n) is 4.12. The first kappa shape index (κ1) is 12.6. The van der Waals surface area contributed by atoms with Crippen molar-refractivity contribution >= 4 is 12.1 Å². The summed E-state index contributed by atoms with van der Waals surface area (Å²) in [5, 5.41) is 0. The van der Waals surface area contributed by atoms with Crippen LogP contribution in [0.25, 0.3) is 0 Å². The number of carbonyl (C=O) groups is 1. The molecule has 0 unspecified atom stereocenters. The fourth-order valence-electron chi connectivity index (χ4n) is 2.12. The maximum absolute atomic E-state index is 11.2. The largest absolute Gasteiger partial charge is 0.480 e. The molecule has 2 heterocycles. The van der Waals surface area contributed by atoms with Gasteiger partial charge in [-0.15, -0.1) is 0 Å². The highest BCUT2D eigenvalue weighted by Gasteiger charge is 2.21.